The number of aliphatic hydroxyl groups is 1. The molecule has 3 heteroatoms. The average molecular weight is 393 g/mol. The van der Waals surface area contributed by atoms with Gasteiger partial charge in [-0.25, -0.2) is 0 Å². The van der Waals surface area contributed by atoms with Crippen LogP contribution in [0.5, 0.6) is 0 Å². The summed E-state index contributed by atoms with van der Waals surface area (Å²) in [5.41, 5.74) is 0.00755. The number of aliphatic hydroxyl groups excluding tert-OH is 1. The lowest BCUT2D eigenvalue weighted by molar-refractivity contribution is -0.145. The van der Waals surface area contributed by atoms with Gasteiger partial charge in [-0.1, -0.05) is 98.7 Å². The first-order valence-electron chi connectivity index (χ1n) is 10.7. The second-order valence-corrected chi connectivity index (χ2v) is 10.1. The summed E-state index contributed by atoms with van der Waals surface area (Å²) >= 11 is 0. The number of hydrogen-bond acceptors (Lipinski definition) is 3. The van der Waals surface area contributed by atoms with Gasteiger partial charge in [0.05, 0.1) is 12.7 Å². The molecule has 0 spiro atoms. The summed E-state index contributed by atoms with van der Waals surface area (Å²) in [6, 6.07) is 12.0. The van der Waals surface area contributed by atoms with Crippen molar-refractivity contribution in [2.75, 3.05) is 6.61 Å². The summed E-state index contributed by atoms with van der Waals surface area (Å²) in [4.78, 5) is 11.3. The highest BCUT2D eigenvalue weighted by Gasteiger charge is 2.41. The summed E-state index contributed by atoms with van der Waals surface area (Å²) in [5, 5.41) is 11.1. The minimum atomic E-state index is -0.402. The van der Waals surface area contributed by atoms with E-state index in [1.807, 2.05) is 36.4 Å². The van der Waals surface area contributed by atoms with E-state index in [0.717, 1.165) is 0 Å². The monoisotopic (exact) mass is 392 g/mol. The van der Waals surface area contributed by atoms with Crippen molar-refractivity contribution in [1.82, 2.24) is 0 Å². The molecule has 1 aromatic carbocycles. The average Bonchev–Trinajstić information content (AvgIpc) is 2.57. The van der Waals surface area contributed by atoms with Crippen molar-refractivity contribution in [2.45, 2.75) is 81.3 Å². The second kappa shape index (κ2) is 12.3. The van der Waals surface area contributed by atoms with Crippen LogP contribution in [0.15, 0.2) is 36.4 Å². The van der Waals surface area contributed by atoms with E-state index in [4.69, 9.17) is 4.74 Å². The van der Waals surface area contributed by atoms with Crippen molar-refractivity contribution in [3.63, 3.8) is 0 Å². The lowest BCUT2D eigenvalue weighted by Gasteiger charge is -2.45. The molecule has 0 aliphatic rings. The summed E-state index contributed by atoms with van der Waals surface area (Å²) < 4.78 is 5.24. The zero-order valence-electron chi connectivity index (χ0n) is 19.7. The number of rotatable bonds is 7. The molecule has 1 rings (SSSR count). The molecule has 0 aliphatic carbocycles. The Kier molecular flexibility index (Phi) is 11.7. The molecular weight excluding hydrogens is 348 g/mol. The fourth-order valence-electron chi connectivity index (χ4n) is 4.06. The van der Waals surface area contributed by atoms with E-state index >= 15 is 0 Å². The highest BCUT2D eigenvalue weighted by Crippen LogP contribution is 2.42. The maximum absolute atomic E-state index is 11.3. The van der Waals surface area contributed by atoms with E-state index < -0.39 is 6.10 Å². The third-order valence-corrected chi connectivity index (χ3v) is 5.26. The first kappa shape index (κ1) is 26.6. The molecular formula is C25H44O3. The lowest BCUT2D eigenvalue weighted by Crippen LogP contribution is -2.45. The maximum atomic E-state index is 11.3. The second-order valence-electron chi connectivity index (χ2n) is 10.1. The topological polar surface area (TPSA) is 46.5 Å². The van der Waals surface area contributed by atoms with E-state index in [1.165, 1.54) is 0 Å². The molecule has 3 unspecified atom stereocenters. The summed E-state index contributed by atoms with van der Waals surface area (Å²) in [7, 11) is 0. The molecule has 0 bridgehead atoms. The Hall–Kier alpha value is -1.35. The zero-order chi connectivity index (χ0) is 22.0. The third-order valence-electron chi connectivity index (χ3n) is 5.26. The summed E-state index contributed by atoms with van der Waals surface area (Å²) in [6.07, 6.45) is 0.704. The Morgan fingerprint density at radius 3 is 1.61 bits per heavy atom. The van der Waals surface area contributed by atoms with Crippen LogP contribution in [0.1, 0.15) is 75.2 Å². The first-order chi connectivity index (χ1) is 12.8. The van der Waals surface area contributed by atoms with Crippen LogP contribution < -0.4 is 0 Å². The molecule has 0 aliphatic heterocycles. The number of esters is 1. The van der Waals surface area contributed by atoms with E-state index in [9.17, 15) is 9.90 Å². The van der Waals surface area contributed by atoms with Gasteiger partial charge >= 0.3 is 5.97 Å². The summed E-state index contributed by atoms with van der Waals surface area (Å²) in [6.45, 7) is 19.6. The number of carbonyl (C=O) groups is 1. The molecule has 0 fully saturated rings. The van der Waals surface area contributed by atoms with Crippen molar-refractivity contribution in [1.29, 1.82) is 0 Å². The molecule has 162 valence electrons. The largest absolute Gasteiger partial charge is 0.466 e. The van der Waals surface area contributed by atoms with Crippen LogP contribution in [0.3, 0.4) is 0 Å². The lowest BCUT2D eigenvalue weighted by atomic mass is 9.63. The highest BCUT2D eigenvalue weighted by atomic mass is 16.5. The van der Waals surface area contributed by atoms with Gasteiger partial charge in [-0.15, -0.1) is 0 Å². The number of ether oxygens (including phenoxy) is 1. The molecule has 0 saturated heterocycles. The molecule has 1 N–H and O–H groups in total. The molecule has 3 nitrogen and oxygen atoms in total. The number of benzene rings is 1. The van der Waals surface area contributed by atoms with Gasteiger partial charge in [-0.3, -0.25) is 4.79 Å². The van der Waals surface area contributed by atoms with Crippen molar-refractivity contribution >= 4 is 5.97 Å². The Morgan fingerprint density at radius 1 is 0.893 bits per heavy atom. The van der Waals surface area contributed by atoms with Crippen LogP contribution in [-0.4, -0.2) is 23.8 Å². The number of carbonyl (C=O) groups excluding carboxylic acids is 1. The Labute approximate surface area is 173 Å². The quantitative estimate of drug-likeness (QED) is 0.549. The molecule has 1 aromatic rings. The van der Waals surface area contributed by atoms with Crippen molar-refractivity contribution in [3.05, 3.63) is 36.4 Å². The summed E-state index contributed by atoms with van der Waals surface area (Å²) in [5.74, 6) is 0.541. The highest BCUT2D eigenvalue weighted by molar-refractivity contribution is 5.68. The maximum Gasteiger partial charge on any atom is 0.305 e. The van der Waals surface area contributed by atoms with Crippen molar-refractivity contribution < 1.29 is 14.6 Å². The van der Waals surface area contributed by atoms with Gasteiger partial charge in [0, 0.05) is 6.42 Å². The van der Waals surface area contributed by atoms with Crippen LogP contribution in [0.25, 0.3) is 0 Å². The Bertz CT molecular complexity index is 496. The van der Waals surface area contributed by atoms with Crippen LogP contribution in [0.2, 0.25) is 0 Å². The standard InChI is InChI=1S/C19H38O3.C6H6/c1-10-15(20)22-12-11-14(18(4,5)6)17(21)16(13(2)3)19(7,8)9;1-2-4-6-5-3-1/h13-14,16-17,21H,10-12H2,1-9H3;1-6H. The third kappa shape index (κ3) is 10.3. The molecule has 0 heterocycles. The van der Waals surface area contributed by atoms with Gasteiger partial charge in [0.2, 0.25) is 0 Å². The predicted octanol–water partition coefficient (Wildman–Crippen LogP) is 6.36. The fraction of sp³-hybridized carbons (Fsp3) is 0.720. The Morgan fingerprint density at radius 2 is 1.32 bits per heavy atom. The SMILES string of the molecule is CCC(=O)OCCC(C(O)C(C(C)C)C(C)(C)C)C(C)(C)C.c1ccccc1. The predicted molar refractivity (Wildman–Crippen MR) is 119 cm³/mol. The molecule has 0 saturated carbocycles. The van der Waals surface area contributed by atoms with Gasteiger partial charge in [0.15, 0.2) is 0 Å². The van der Waals surface area contributed by atoms with Gasteiger partial charge in [0.1, 0.15) is 0 Å². The Balaban J connectivity index is 0.00000102. The van der Waals surface area contributed by atoms with E-state index in [2.05, 4.69) is 55.4 Å². The molecule has 28 heavy (non-hydrogen) atoms. The van der Waals surface area contributed by atoms with E-state index in [0.29, 0.717) is 25.4 Å². The smallest absolute Gasteiger partial charge is 0.305 e. The van der Waals surface area contributed by atoms with Crippen LogP contribution in [-0.2, 0) is 9.53 Å². The van der Waals surface area contributed by atoms with Gasteiger partial charge in [-0.2, -0.15) is 0 Å². The van der Waals surface area contributed by atoms with E-state index in [1.54, 1.807) is 6.92 Å². The molecule has 0 radical (unpaired) electrons. The molecule has 0 amide bonds. The zero-order valence-corrected chi connectivity index (χ0v) is 19.7. The minimum absolute atomic E-state index is 0.0313. The molecule has 3 atom stereocenters. The van der Waals surface area contributed by atoms with Crippen molar-refractivity contribution in [3.8, 4) is 0 Å². The van der Waals surface area contributed by atoms with Crippen LogP contribution >= 0.6 is 0 Å². The van der Waals surface area contributed by atoms with Crippen LogP contribution in [0.4, 0.5) is 0 Å². The fourth-order valence-corrected chi connectivity index (χ4v) is 4.06. The van der Waals surface area contributed by atoms with Crippen molar-refractivity contribution in [2.24, 2.45) is 28.6 Å². The minimum Gasteiger partial charge on any atom is -0.466 e. The van der Waals surface area contributed by atoms with E-state index in [-0.39, 0.29) is 28.6 Å². The van der Waals surface area contributed by atoms with Gasteiger partial charge < -0.3 is 9.84 Å². The van der Waals surface area contributed by atoms with Gasteiger partial charge in [0.25, 0.3) is 0 Å². The number of hydrogen-bond donors (Lipinski definition) is 1. The van der Waals surface area contributed by atoms with Crippen LogP contribution in [0, 0.1) is 28.6 Å². The molecule has 0 aromatic heterocycles. The van der Waals surface area contributed by atoms with Gasteiger partial charge in [-0.05, 0) is 35.0 Å². The normalized spacial score (nSPS) is 15.2. The first-order valence-corrected chi connectivity index (χ1v) is 10.7.